The van der Waals surface area contributed by atoms with E-state index in [0.717, 1.165) is 4.90 Å². The van der Waals surface area contributed by atoms with Crippen molar-refractivity contribution in [3.8, 4) is 11.1 Å². The number of alkyl halides is 2. The number of ether oxygens (including phenoxy) is 1. The van der Waals surface area contributed by atoms with Crippen LogP contribution >= 0.6 is 0 Å². The van der Waals surface area contributed by atoms with Gasteiger partial charge in [-0.1, -0.05) is 25.1 Å². The molecule has 0 aliphatic carbocycles. The van der Waals surface area contributed by atoms with Crippen molar-refractivity contribution in [1.82, 2.24) is 4.90 Å². The molecule has 0 bridgehead atoms. The lowest BCUT2D eigenvalue weighted by molar-refractivity contribution is -0.158. The van der Waals surface area contributed by atoms with Crippen LogP contribution in [0.4, 0.5) is 22.0 Å². The molecule has 2 aliphatic heterocycles. The Hall–Kier alpha value is -2.48. The van der Waals surface area contributed by atoms with Crippen LogP contribution in [-0.2, 0) is 16.0 Å². The molecule has 0 radical (unpaired) electrons. The third-order valence-corrected chi connectivity index (χ3v) is 6.33. The molecule has 2 heterocycles. The predicted molar refractivity (Wildman–Crippen MR) is 104 cm³/mol. The topological polar surface area (TPSA) is 29.5 Å². The molecule has 166 valence electrons. The highest BCUT2D eigenvalue weighted by molar-refractivity contribution is 5.82. The molecule has 2 aliphatic rings. The Labute approximate surface area is 176 Å². The number of hydrogen-bond acceptors (Lipinski definition) is 2. The highest BCUT2D eigenvalue weighted by atomic mass is 19.3. The van der Waals surface area contributed by atoms with Crippen LogP contribution in [0.3, 0.4) is 0 Å². The van der Waals surface area contributed by atoms with Crippen LogP contribution < -0.4 is 0 Å². The van der Waals surface area contributed by atoms with E-state index in [1.54, 1.807) is 0 Å². The number of rotatable bonds is 4. The fraction of sp³-hybridized carbons (Fsp3) is 0.435. The molecule has 2 saturated heterocycles. The number of aryl methyl sites for hydroxylation is 1. The second kappa shape index (κ2) is 7.89. The van der Waals surface area contributed by atoms with Gasteiger partial charge in [0, 0.05) is 35.6 Å². The third-order valence-electron chi connectivity index (χ3n) is 6.33. The number of hydrogen-bond donors (Lipinski definition) is 0. The van der Waals surface area contributed by atoms with E-state index in [4.69, 9.17) is 4.74 Å². The maximum Gasteiger partial charge on any atom is 0.269 e. The molecule has 0 aromatic heterocycles. The Morgan fingerprint density at radius 2 is 1.87 bits per heavy atom. The van der Waals surface area contributed by atoms with Crippen LogP contribution in [0.15, 0.2) is 30.3 Å². The second-order valence-electron chi connectivity index (χ2n) is 8.30. The van der Waals surface area contributed by atoms with Gasteiger partial charge in [0.05, 0.1) is 13.2 Å². The van der Waals surface area contributed by atoms with E-state index in [2.05, 4.69) is 0 Å². The van der Waals surface area contributed by atoms with Crippen molar-refractivity contribution in [3.05, 3.63) is 58.9 Å². The monoisotopic (exact) mass is 439 g/mol. The summed E-state index contributed by atoms with van der Waals surface area (Å²) in [4.78, 5) is 13.7. The van der Waals surface area contributed by atoms with Crippen molar-refractivity contribution in [3.63, 3.8) is 0 Å². The molecule has 0 spiro atoms. The van der Waals surface area contributed by atoms with Gasteiger partial charge in [0.25, 0.3) is 11.8 Å². The van der Waals surface area contributed by atoms with E-state index in [1.807, 2.05) is 0 Å². The number of halogens is 5. The Kier molecular flexibility index (Phi) is 5.54. The van der Waals surface area contributed by atoms with Crippen molar-refractivity contribution in [1.29, 1.82) is 0 Å². The first-order chi connectivity index (χ1) is 14.6. The molecule has 3 atom stereocenters. The minimum Gasteiger partial charge on any atom is -0.368 e. The number of carbonyl (C=O) groups excluding carboxylic acids is 1. The molecule has 8 heteroatoms. The fourth-order valence-electron chi connectivity index (χ4n) is 4.22. The minimum absolute atomic E-state index is 0.0840. The van der Waals surface area contributed by atoms with E-state index in [0.29, 0.717) is 19.1 Å². The molecule has 0 N–H and O–H groups in total. The van der Waals surface area contributed by atoms with Crippen LogP contribution in [0.5, 0.6) is 0 Å². The Balaban J connectivity index is 1.68. The van der Waals surface area contributed by atoms with Gasteiger partial charge in [0.2, 0.25) is 0 Å². The van der Waals surface area contributed by atoms with Crippen molar-refractivity contribution in [2.24, 2.45) is 5.92 Å². The summed E-state index contributed by atoms with van der Waals surface area (Å²) < 4.78 is 77.3. The first-order valence-corrected chi connectivity index (χ1v) is 10.1. The highest BCUT2D eigenvalue weighted by Gasteiger charge is 2.54. The Morgan fingerprint density at radius 3 is 2.52 bits per heavy atom. The highest BCUT2D eigenvalue weighted by Crippen LogP contribution is 2.41. The van der Waals surface area contributed by atoms with Crippen molar-refractivity contribution < 1.29 is 31.5 Å². The van der Waals surface area contributed by atoms with E-state index in [9.17, 15) is 22.4 Å². The fourth-order valence-corrected chi connectivity index (χ4v) is 4.22. The number of nitrogens with zero attached hydrogens (tertiary/aromatic N) is 1. The zero-order valence-corrected chi connectivity index (χ0v) is 17.1. The van der Waals surface area contributed by atoms with Gasteiger partial charge >= 0.3 is 0 Å². The molecule has 1 unspecified atom stereocenters. The summed E-state index contributed by atoms with van der Waals surface area (Å²) in [5.74, 6) is -7.26. The zero-order valence-electron chi connectivity index (χ0n) is 17.1. The third kappa shape index (κ3) is 3.82. The summed E-state index contributed by atoms with van der Waals surface area (Å²) >= 11 is 0. The first-order valence-electron chi connectivity index (χ1n) is 10.1. The molecular weight excluding hydrogens is 417 g/mol. The van der Waals surface area contributed by atoms with Crippen LogP contribution in [0, 0.1) is 30.3 Å². The number of likely N-dealkylation sites (tertiary alicyclic amines) is 1. The summed E-state index contributed by atoms with van der Waals surface area (Å²) in [5.41, 5.74) is 0.0397. The van der Waals surface area contributed by atoms with Crippen molar-refractivity contribution in [2.45, 2.75) is 44.8 Å². The SMILES string of the molecule is Cc1cc(-c2cccc(C[C@H]3[C@@H](C)C(F)(F)CN3C(=O)C3CCO3)c2F)c(F)cc1F. The number of benzene rings is 2. The van der Waals surface area contributed by atoms with Crippen LogP contribution in [0.25, 0.3) is 11.1 Å². The zero-order chi connectivity index (χ0) is 22.5. The van der Waals surface area contributed by atoms with E-state index in [1.165, 1.54) is 38.1 Å². The van der Waals surface area contributed by atoms with Gasteiger partial charge in [-0.25, -0.2) is 22.0 Å². The van der Waals surface area contributed by atoms with Gasteiger partial charge in [-0.2, -0.15) is 0 Å². The Morgan fingerprint density at radius 1 is 1.16 bits per heavy atom. The van der Waals surface area contributed by atoms with E-state index in [-0.39, 0.29) is 28.7 Å². The van der Waals surface area contributed by atoms with Gasteiger partial charge in [0.15, 0.2) is 0 Å². The standard InChI is InChI=1S/C23H22F5NO2/c1-12-8-16(18(25)10-17(12)24)15-5-3-4-14(21(15)26)9-19-13(2)23(27,28)11-29(19)22(30)20-6-7-31-20/h3-5,8,10,13,19-20H,6-7,9,11H2,1-2H3/t13-,19+,20?/m1/s1. The summed E-state index contributed by atoms with van der Waals surface area (Å²) in [7, 11) is 0. The second-order valence-corrected chi connectivity index (χ2v) is 8.30. The summed E-state index contributed by atoms with van der Waals surface area (Å²) in [6.07, 6.45) is -0.429. The smallest absolute Gasteiger partial charge is 0.269 e. The van der Waals surface area contributed by atoms with Crippen LogP contribution in [0.2, 0.25) is 0 Å². The quantitative estimate of drug-likeness (QED) is 0.635. The molecule has 2 aromatic rings. The summed E-state index contributed by atoms with van der Waals surface area (Å²) in [6, 6.07) is 5.24. The summed E-state index contributed by atoms with van der Waals surface area (Å²) in [6.45, 7) is 2.43. The molecule has 2 fully saturated rings. The van der Waals surface area contributed by atoms with Gasteiger partial charge < -0.3 is 9.64 Å². The molecule has 4 rings (SSSR count). The lowest BCUT2D eigenvalue weighted by atomic mass is 9.91. The largest absolute Gasteiger partial charge is 0.368 e. The minimum atomic E-state index is -3.11. The normalized spacial score (nSPS) is 24.9. The molecule has 0 saturated carbocycles. The van der Waals surface area contributed by atoms with Crippen LogP contribution in [0.1, 0.15) is 24.5 Å². The maximum atomic E-state index is 15.3. The lowest BCUT2D eigenvalue weighted by Gasteiger charge is -2.33. The Bertz CT molecular complexity index is 1020. The van der Waals surface area contributed by atoms with Crippen LogP contribution in [-0.4, -0.2) is 42.0 Å². The number of amides is 1. The first kappa shape index (κ1) is 21.7. The van der Waals surface area contributed by atoms with Gasteiger partial charge in [-0.3, -0.25) is 4.79 Å². The van der Waals surface area contributed by atoms with Gasteiger partial charge in [0.1, 0.15) is 23.6 Å². The number of carbonyl (C=O) groups is 1. The molecule has 1 amide bonds. The van der Waals surface area contributed by atoms with E-state index >= 15 is 4.39 Å². The van der Waals surface area contributed by atoms with Gasteiger partial charge in [-0.15, -0.1) is 0 Å². The molecular formula is C23H22F5NO2. The predicted octanol–water partition coefficient (Wildman–Crippen LogP) is 4.89. The molecule has 31 heavy (non-hydrogen) atoms. The lowest BCUT2D eigenvalue weighted by Crippen LogP contribution is -2.49. The summed E-state index contributed by atoms with van der Waals surface area (Å²) in [5, 5.41) is 0. The van der Waals surface area contributed by atoms with Crippen molar-refractivity contribution in [2.75, 3.05) is 13.2 Å². The maximum absolute atomic E-state index is 15.3. The van der Waals surface area contributed by atoms with Crippen molar-refractivity contribution >= 4 is 5.91 Å². The average molecular weight is 439 g/mol. The van der Waals surface area contributed by atoms with E-state index < -0.39 is 53.9 Å². The molecule has 2 aromatic carbocycles. The van der Waals surface area contributed by atoms with Gasteiger partial charge in [-0.05, 0) is 30.5 Å². The average Bonchev–Trinajstić information content (AvgIpc) is 2.89. The molecule has 3 nitrogen and oxygen atoms in total.